The van der Waals surface area contributed by atoms with E-state index in [1.54, 1.807) is 38.5 Å². The van der Waals surface area contributed by atoms with Crippen LogP contribution in [0.1, 0.15) is 44.7 Å². The van der Waals surface area contributed by atoms with Crippen molar-refractivity contribution in [2.24, 2.45) is 22.3 Å². The third-order valence-electron chi connectivity index (χ3n) is 8.84. The number of halogens is 2. The highest BCUT2D eigenvalue weighted by Gasteiger charge is 2.40. The van der Waals surface area contributed by atoms with Crippen molar-refractivity contribution in [3.05, 3.63) is 129 Å². The Morgan fingerprint density at radius 1 is 0.569 bits per heavy atom. The number of methoxy groups -OCH3 is 2. The number of carboxylic acids is 2. The second kappa shape index (κ2) is 23.9. The molecule has 0 bridgehead atoms. The minimum Gasteiger partial charge on any atom is -0.497 e. The van der Waals surface area contributed by atoms with Gasteiger partial charge in [-0.1, -0.05) is 47.5 Å². The Morgan fingerprint density at radius 3 is 1.10 bits per heavy atom. The van der Waals surface area contributed by atoms with Crippen LogP contribution in [0.15, 0.2) is 97.1 Å². The highest BCUT2D eigenvalue weighted by atomic mass is 35.5. The number of aromatic carboxylic acids is 2. The van der Waals surface area contributed by atoms with Gasteiger partial charge in [-0.05, 0) is 83.9 Å². The number of esters is 2. The van der Waals surface area contributed by atoms with Crippen molar-refractivity contribution >= 4 is 47.1 Å². The molecule has 0 amide bonds. The predicted molar refractivity (Wildman–Crippen MR) is 216 cm³/mol. The number of nitrogens with two attached hydrogens (primary N) is 2. The maximum atomic E-state index is 11.7. The molecule has 0 aliphatic carbocycles. The Kier molecular flexibility index (Phi) is 19.4. The monoisotopic (exact) mass is 842 g/mol. The fraction of sp³-hybridized carbons (Fsp3) is 0.333. The zero-order valence-corrected chi connectivity index (χ0v) is 33.7. The quantitative estimate of drug-likeness (QED) is 0.103. The highest BCUT2D eigenvalue weighted by molar-refractivity contribution is 6.31. The lowest BCUT2D eigenvalue weighted by Gasteiger charge is -2.39. The van der Waals surface area contributed by atoms with Crippen LogP contribution in [-0.4, -0.2) is 87.8 Å². The van der Waals surface area contributed by atoms with Gasteiger partial charge in [-0.15, -0.1) is 0 Å². The Labute approximate surface area is 346 Å². The molecule has 4 aromatic rings. The Morgan fingerprint density at radius 2 is 0.879 bits per heavy atom. The molecule has 2 heterocycles. The van der Waals surface area contributed by atoms with Crippen molar-refractivity contribution in [2.75, 3.05) is 53.7 Å². The standard InChI is InChI=1S/2C14H19NO4.2C7H5ClO2/c2*1-17-12-4-2-11(3-5-12)7-19-13(16)6-14(8-15)9-18-10-14;2*8-6-3-1-5(2-4-6)7(9)10/h2*2-5H,6-10,15H2,1H3;2*1-4H,(H,9,10). The molecule has 2 aliphatic rings. The van der Waals surface area contributed by atoms with Crippen LogP contribution in [0, 0.1) is 10.8 Å². The summed E-state index contributed by atoms with van der Waals surface area (Å²) in [5, 5.41) is 18.0. The van der Waals surface area contributed by atoms with E-state index in [1.807, 2.05) is 48.5 Å². The SMILES string of the molecule is COc1ccc(COC(=O)CC2(CN)COC2)cc1.COc1ccc(COC(=O)CC2(CN)COC2)cc1.O=C(O)c1ccc(Cl)cc1.O=C(O)c1ccc(Cl)cc1. The number of benzene rings is 4. The Hall–Kier alpha value is -5.22. The summed E-state index contributed by atoms with van der Waals surface area (Å²) in [7, 11) is 3.23. The summed E-state index contributed by atoms with van der Waals surface area (Å²) >= 11 is 11.0. The van der Waals surface area contributed by atoms with Crippen LogP contribution >= 0.6 is 23.2 Å². The number of rotatable bonds is 14. The smallest absolute Gasteiger partial charge is 0.335 e. The maximum absolute atomic E-state index is 11.7. The van der Waals surface area contributed by atoms with Gasteiger partial charge in [0.2, 0.25) is 0 Å². The van der Waals surface area contributed by atoms with Crippen molar-refractivity contribution in [2.45, 2.75) is 26.1 Å². The number of carbonyl (C=O) groups is 4. The van der Waals surface area contributed by atoms with Crippen molar-refractivity contribution in [3.63, 3.8) is 0 Å². The minimum absolute atomic E-state index is 0.211. The van der Waals surface area contributed by atoms with Gasteiger partial charge in [0.25, 0.3) is 0 Å². The van der Waals surface area contributed by atoms with Gasteiger partial charge in [0, 0.05) is 34.0 Å². The van der Waals surface area contributed by atoms with Crippen LogP contribution in [-0.2, 0) is 41.8 Å². The molecule has 0 atom stereocenters. The maximum Gasteiger partial charge on any atom is 0.335 e. The van der Waals surface area contributed by atoms with Gasteiger partial charge in [-0.3, -0.25) is 9.59 Å². The second-order valence-corrected chi connectivity index (χ2v) is 14.3. The Balaban J connectivity index is 0.000000216. The van der Waals surface area contributed by atoms with E-state index in [0.717, 1.165) is 22.6 Å². The molecule has 4 aromatic carbocycles. The molecule has 14 nitrogen and oxygen atoms in total. The third-order valence-corrected chi connectivity index (χ3v) is 9.34. The number of hydrogen-bond acceptors (Lipinski definition) is 12. The summed E-state index contributed by atoms with van der Waals surface area (Å²) in [6.45, 7) is 3.61. The average molecular weight is 844 g/mol. The van der Waals surface area contributed by atoms with Crippen LogP contribution in [0.4, 0.5) is 0 Å². The Bertz CT molecular complexity index is 1730. The molecule has 6 rings (SSSR count). The summed E-state index contributed by atoms with van der Waals surface area (Å²) in [5.41, 5.74) is 13.3. The first-order valence-electron chi connectivity index (χ1n) is 17.9. The summed E-state index contributed by atoms with van der Waals surface area (Å²) in [6, 6.07) is 26.9. The molecule has 0 radical (unpaired) electrons. The molecule has 2 saturated heterocycles. The van der Waals surface area contributed by atoms with E-state index in [-0.39, 0.29) is 47.1 Å². The number of carboxylic acid groups (broad SMARTS) is 2. The van der Waals surface area contributed by atoms with Gasteiger partial charge in [-0.2, -0.15) is 0 Å². The first kappa shape index (κ1) is 47.2. The summed E-state index contributed by atoms with van der Waals surface area (Å²) in [4.78, 5) is 44.0. The number of hydrogen-bond donors (Lipinski definition) is 4. The minimum atomic E-state index is -0.934. The van der Waals surface area contributed by atoms with E-state index in [2.05, 4.69) is 0 Å². The van der Waals surface area contributed by atoms with E-state index in [0.29, 0.717) is 62.4 Å². The normalized spacial score (nSPS) is 14.0. The van der Waals surface area contributed by atoms with Crippen LogP contribution < -0.4 is 20.9 Å². The van der Waals surface area contributed by atoms with Crippen molar-refractivity contribution in [1.29, 1.82) is 0 Å². The molecule has 2 fully saturated rings. The summed E-state index contributed by atoms with van der Waals surface area (Å²) < 4.78 is 30.8. The lowest BCUT2D eigenvalue weighted by Crippen LogP contribution is -2.49. The molecule has 0 unspecified atom stereocenters. The van der Waals surface area contributed by atoms with Gasteiger partial charge in [0.1, 0.15) is 24.7 Å². The second-order valence-electron chi connectivity index (χ2n) is 13.4. The molecular weight excluding hydrogens is 795 g/mol. The van der Waals surface area contributed by atoms with E-state index in [9.17, 15) is 19.2 Å². The lowest BCUT2D eigenvalue weighted by atomic mass is 9.83. The van der Waals surface area contributed by atoms with Crippen LogP contribution in [0.3, 0.4) is 0 Å². The van der Waals surface area contributed by atoms with E-state index >= 15 is 0 Å². The fourth-order valence-corrected chi connectivity index (χ4v) is 5.29. The largest absolute Gasteiger partial charge is 0.497 e. The third kappa shape index (κ3) is 16.0. The van der Waals surface area contributed by atoms with Crippen molar-refractivity contribution in [3.8, 4) is 11.5 Å². The zero-order valence-electron chi connectivity index (χ0n) is 32.2. The molecule has 58 heavy (non-hydrogen) atoms. The molecule has 0 aromatic heterocycles. The highest BCUT2D eigenvalue weighted by Crippen LogP contribution is 2.31. The average Bonchev–Trinajstić information content (AvgIpc) is 3.20. The number of carbonyl (C=O) groups excluding carboxylic acids is 2. The molecule has 0 saturated carbocycles. The van der Waals surface area contributed by atoms with Crippen LogP contribution in [0.25, 0.3) is 0 Å². The first-order valence-corrected chi connectivity index (χ1v) is 18.6. The van der Waals surface area contributed by atoms with Gasteiger partial charge in [0.15, 0.2) is 0 Å². The molecule has 0 spiro atoms. The fourth-order valence-electron chi connectivity index (χ4n) is 5.04. The van der Waals surface area contributed by atoms with E-state index < -0.39 is 11.9 Å². The zero-order chi connectivity index (χ0) is 42.6. The van der Waals surface area contributed by atoms with Gasteiger partial charge < -0.3 is 50.1 Å². The molecule has 16 heteroatoms. The number of ether oxygens (including phenoxy) is 6. The topological polar surface area (TPSA) is 216 Å². The van der Waals surface area contributed by atoms with Crippen LogP contribution in [0.5, 0.6) is 11.5 Å². The van der Waals surface area contributed by atoms with Gasteiger partial charge >= 0.3 is 23.9 Å². The molecule has 6 N–H and O–H groups in total. The molecule has 2 aliphatic heterocycles. The van der Waals surface area contributed by atoms with E-state index in [1.165, 1.54) is 24.3 Å². The molecule has 312 valence electrons. The summed E-state index contributed by atoms with van der Waals surface area (Å²) in [6.07, 6.45) is 0.638. The lowest BCUT2D eigenvalue weighted by molar-refractivity contribution is -0.162. The molecular formula is C42H48Cl2N2O12. The van der Waals surface area contributed by atoms with E-state index in [4.69, 9.17) is 73.3 Å². The van der Waals surface area contributed by atoms with Crippen molar-refractivity contribution in [1.82, 2.24) is 0 Å². The first-order chi connectivity index (χ1) is 27.7. The van der Waals surface area contributed by atoms with Gasteiger partial charge in [-0.25, -0.2) is 9.59 Å². The predicted octanol–water partition coefficient (Wildman–Crippen LogP) is 6.28. The van der Waals surface area contributed by atoms with Crippen molar-refractivity contribution < 1.29 is 57.8 Å². The van der Waals surface area contributed by atoms with Gasteiger partial charge in [0.05, 0.1) is 64.6 Å². The summed E-state index contributed by atoms with van der Waals surface area (Å²) in [5.74, 6) is -0.768. The van der Waals surface area contributed by atoms with Crippen LogP contribution in [0.2, 0.25) is 10.0 Å².